The summed E-state index contributed by atoms with van der Waals surface area (Å²) >= 11 is 7.37. The average Bonchev–Trinajstić information content (AvgIpc) is 3.57. The predicted octanol–water partition coefficient (Wildman–Crippen LogP) is 6.88. The molecule has 1 aliphatic heterocycles. The first-order valence-corrected chi connectivity index (χ1v) is 14.2. The molecule has 1 aromatic heterocycles. The molecule has 0 aliphatic carbocycles. The number of rotatable bonds is 10. The Kier molecular flexibility index (Phi) is 8.67. The first kappa shape index (κ1) is 29.4. The lowest BCUT2D eigenvalue weighted by atomic mass is 10.1. The molecule has 4 aromatic rings. The molecule has 42 heavy (non-hydrogen) atoms. The zero-order valence-electron chi connectivity index (χ0n) is 23.1. The third-order valence-electron chi connectivity index (χ3n) is 6.60. The Hall–Kier alpha value is -4.12. The summed E-state index contributed by atoms with van der Waals surface area (Å²) in [6, 6.07) is 18.5. The molecule has 0 spiro atoms. The van der Waals surface area contributed by atoms with Gasteiger partial charge in [-0.3, -0.25) is 4.79 Å². The molecular formula is C31H28ClFN2O6S. The van der Waals surface area contributed by atoms with E-state index < -0.39 is 17.6 Å². The highest BCUT2D eigenvalue weighted by Crippen LogP contribution is 2.50. The molecule has 1 amide bonds. The first-order valence-electron chi connectivity index (χ1n) is 13.0. The Labute approximate surface area is 251 Å². The van der Waals surface area contributed by atoms with Crippen molar-refractivity contribution in [2.24, 2.45) is 0 Å². The normalized spacial score (nSPS) is 15.4. The molecule has 3 aromatic carbocycles. The zero-order chi connectivity index (χ0) is 29.9. The number of fused-ring (bicyclic) bond motifs is 1. The van der Waals surface area contributed by atoms with E-state index in [2.05, 4.69) is 10.6 Å². The summed E-state index contributed by atoms with van der Waals surface area (Å²) in [6.45, 7) is 2.58. The molecule has 2 N–H and O–H groups in total. The van der Waals surface area contributed by atoms with Crippen molar-refractivity contribution in [1.82, 2.24) is 0 Å². The highest BCUT2D eigenvalue weighted by Gasteiger charge is 2.42. The summed E-state index contributed by atoms with van der Waals surface area (Å²) in [5.41, 5.74) is 2.46. The van der Waals surface area contributed by atoms with E-state index in [4.69, 9.17) is 30.5 Å². The molecule has 2 heterocycles. The van der Waals surface area contributed by atoms with Crippen LogP contribution in [0.5, 0.6) is 11.5 Å². The van der Waals surface area contributed by atoms with Crippen LogP contribution in [0, 0.1) is 5.82 Å². The lowest BCUT2D eigenvalue weighted by Gasteiger charge is -2.24. The number of carbonyl (C=O) groups excluding carboxylic acids is 2. The van der Waals surface area contributed by atoms with Gasteiger partial charge in [-0.05, 0) is 60.7 Å². The number of benzene rings is 3. The number of esters is 1. The van der Waals surface area contributed by atoms with Gasteiger partial charge in [0, 0.05) is 40.9 Å². The van der Waals surface area contributed by atoms with Crippen LogP contribution in [0.25, 0.3) is 10.4 Å². The number of hydrogen-bond acceptors (Lipinski definition) is 8. The standard InChI is InChI=1S/C31H28ClFN2O6S/c1-31(22-10-8-19(32)16-23(22)33)40-26-6-4-5-21(29(26)41-31)27-12-9-20(42-27)17-28(36)35-24-11-7-18(30(37)39-3)15-25(24)34-13-14-38-2/h4-12,15-16,34H,13-14,17H2,1-3H3,(H,35,36). The van der Waals surface area contributed by atoms with E-state index in [1.54, 1.807) is 50.4 Å². The molecule has 1 atom stereocenters. The van der Waals surface area contributed by atoms with Gasteiger partial charge >= 0.3 is 5.97 Å². The van der Waals surface area contributed by atoms with Crippen molar-refractivity contribution in [2.75, 3.05) is 38.0 Å². The van der Waals surface area contributed by atoms with Crippen LogP contribution in [0.2, 0.25) is 5.02 Å². The van der Waals surface area contributed by atoms with E-state index in [9.17, 15) is 14.0 Å². The summed E-state index contributed by atoms with van der Waals surface area (Å²) < 4.78 is 36.9. The van der Waals surface area contributed by atoms with Gasteiger partial charge in [0.05, 0.1) is 42.6 Å². The van der Waals surface area contributed by atoms with E-state index >= 15 is 0 Å². The number of thiophene rings is 1. The van der Waals surface area contributed by atoms with Crippen LogP contribution in [0.4, 0.5) is 15.8 Å². The van der Waals surface area contributed by atoms with Gasteiger partial charge in [0.25, 0.3) is 5.79 Å². The summed E-state index contributed by atoms with van der Waals surface area (Å²) in [5.74, 6) is -1.63. The molecule has 8 nitrogen and oxygen atoms in total. The molecule has 0 radical (unpaired) electrons. The number of nitrogens with one attached hydrogen (secondary N) is 2. The van der Waals surface area contributed by atoms with Crippen LogP contribution >= 0.6 is 22.9 Å². The largest absolute Gasteiger partial charge is 0.465 e. The van der Waals surface area contributed by atoms with Crippen LogP contribution < -0.4 is 20.1 Å². The van der Waals surface area contributed by atoms with Gasteiger partial charge in [-0.25, -0.2) is 9.18 Å². The molecule has 0 saturated heterocycles. The van der Waals surface area contributed by atoms with E-state index in [1.807, 2.05) is 24.3 Å². The molecular weight excluding hydrogens is 583 g/mol. The van der Waals surface area contributed by atoms with Crippen molar-refractivity contribution < 1.29 is 32.9 Å². The Morgan fingerprint density at radius 1 is 1.02 bits per heavy atom. The minimum atomic E-state index is -1.37. The molecule has 0 saturated carbocycles. The second kappa shape index (κ2) is 12.4. The van der Waals surface area contributed by atoms with Crippen molar-refractivity contribution in [2.45, 2.75) is 19.1 Å². The van der Waals surface area contributed by atoms with Gasteiger partial charge in [0.15, 0.2) is 11.5 Å². The molecule has 11 heteroatoms. The van der Waals surface area contributed by atoms with Gasteiger partial charge < -0.3 is 29.6 Å². The molecule has 0 fully saturated rings. The summed E-state index contributed by atoms with van der Waals surface area (Å²) in [4.78, 5) is 26.7. The van der Waals surface area contributed by atoms with Crippen LogP contribution in [0.15, 0.2) is 66.7 Å². The third-order valence-corrected chi connectivity index (χ3v) is 7.95. The van der Waals surface area contributed by atoms with E-state index in [-0.39, 0.29) is 22.9 Å². The molecule has 5 rings (SSSR count). The number of hydrogen-bond donors (Lipinski definition) is 2. The topological polar surface area (TPSA) is 95.1 Å². The Morgan fingerprint density at radius 2 is 1.86 bits per heavy atom. The second-order valence-electron chi connectivity index (χ2n) is 9.57. The van der Waals surface area contributed by atoms with Crippen molar-refractivity contribution in [3.63, 3.8) is 0 Å². The number of halogens is 2. The average molecular weight is 611 g/mol. The van der Waals surface area contributed by atoms with Gasteiger partial charge in [0.2, 0.25) is 5.91 Å². The lowest BCUT2D eigenvalue weighted by molar-refractivity contribution is -0.115. The number of anilines is 2. The fourth-order valence-electron chi connectivity index (χ4n) is 4.59. The predicted molar refractivity (Wildman–Crippen MR) is 160 cm³/mol. The number of para-hydroxylation sites is 1. The Bertz CT molecular complexity index is 1640. The van der Waals surface area contributed by atoms with Gasteiger partial charge in [-0.15, -0.1) is 11.3 Å². The minimum Gasteiger partial charge on any atom is -0.465 e. The maximum atomic E-state index is 14.7. The lowest BCUT2D eigenvalue weighted by Crippen LogP contribution is -2.32. The Balaban J connectivity index is 1.32. The highest BCUT2D eigenvalue weighted by molar-refractivity contribution is 7.15. The van der Waals surface area contributed by atoms with Crippen molar-refractivity contribution in [3.8, 4) is 21.9 Å². The van der Waals surface area contributed by atoms with Crippen molar-refractivity contribution in [1.29, 1.82) is 0 Å². The van der Waals surface area contributed by atoms with E-state index in [0.717, 1.165) is 15.3 Å². The van der Waals surface area contributed by atoms with Crippen LogP contribution in [0.3, 0.4) is 0 Å². The smallest absolute Gasteiger partial charge is 0.337 e. The SMILES string of the molecule is COCCNc1cc(C(=O)OC)ccc1NC(=O)Cc1ccc(-c2cccc3c2OC(C)(c2ccc(Cl)cc2F)O3)s1. The minimum absolute atomic E-state index is 0.126. The van der Waals surface area contributed by atoms with E-state index in [1.165, 1.54) is 24.5 Å². The highest BCUT2D eigenvalue weighted by atomic mass is 35.5. The zero-order valence-corrected chi connectivity index (χ0v) is 24.7. The molecule has 1 aliphatic rings. The summed E-state index contributed by atoms with van der Waals surface area (Å²) in [7, 11) is 2.90. The third kappa shape index (κ3) is 6.20. The number of methoxy groups -OCH3 is 2. The number of carbonyl (C=O) groups is 2. The fourth-order valence-corrected chi connectivity index (χ4v) is 5.78. The van der Waals surface area contributed by atoms with Gasteiger partial charge in [-0.1, -0.05) is 17.7 Å². The summed E-state index contributed by atoms with van der Waals surface area (Å²) in [5, 5.41) is 6.38. The quantitative estimate of drug-likeness (QED) is 0.149. The molecule has 1 unspecified atom stereocenters. The van der Waals surface area contributed by atoms with Gasteiger partial charge in [-0.2, -0.15) is 0 Å². The number of amides is 1. The Morgan fingerprint density at radius 3 is 2.62 bits per heavy atom. The van der Waals surface area contributed by atoms with Crippen LogP contribution in [0.1, 0.15) is 27.7 Å². The van der Waals surface area contributed by atoms with Crippen LogP contribution in [-0.2, 0) is 26.5 Å². The monoisotopic (exact) mass is 610 g/mol. The maximum Gasteiger partial charge on any atom is 0.337 e. The van der Waals surface area contributed by atoms with Crippen molar-refractivity contribution in [3.05, 3.63) is 93.6 Å². The first-order chi connectivity index (χ1) is 20.2. The maximum absolute atomic E-state index is 14.7. The summed E-state index contributed by atoms with van der Waals surface area (Å²) in [6.07, 6.45) is 0.126. The van der Waals surface area contributed by atoms with Crippen molar-refractivity contribution >= 4 is 46.2 Å². The van der Waals surface area contributed by atoms with E-state index in [0.29, 0.717) is 41.6 Å². The molecule has 0 bridgehead atoms. The second-order valence-corrected chi connectivity index (χ2v) is 11.2. The number of ether oxygens (including phenoxy) is 4. The fraction of sp³-hybridized carbons (Fsp3) is 0.226. The van der Waals surface area contributed by atoms with Crippen LogP contribution in [-0.4, -0.2) is 39.2 Å². The van der Waals surface area contributed by atoms with Gasteiger partial charge in [0.1, 0.15) is 5.82 Å². The molecule has 218 valence electrons.